The van der Waals surface area contributed by atoms with Crippen LogP contribution >= 0.6 is 0 Å². The van der Waals surface area contributed by atoms with Crippen molar-refractivity contribution in [1.29, 1.82) is 0 Å². The van der Waals surface area contributed by atoms with Crippen molar-refractivity contribution in [3.8, 4) is 0 Å². The van der Waals surface area contributed by atoms with Gasteiger partial charge in [0.1, 0.15) is 0 Å². The number of hydrogen-bond donors (Lipinski definition) is 1. The Labute approximate surface area is 99.5 Å². The minimum atomic E-state index is 0.380. The molecule has 1 rings (SSSR count). The Kier molecular flexibility index (Phi) is 6.12. The summed E-state index contributed by atoms with van der Waals surface area (Å²) in [5.74, 6) is 0. The molecule has 0 radical (unpaired) electrons. The Bertz CT molecular complexity index is 271. The van der Waals surface area contributed by atoms with Crippen molar-refractivity contribution in [2.24, 2.45) is 5.73 Å². The van der Waals surface area contributed by atoms with E-state index in [9.17, 15) is 0 Å². The van der Waals surface area contributed by atoms with Gasteiger partial charge in [-0.1, -0.05) is 37.3 Å². The van der Waals surface area contributed by atoms with Crippen LogP contribution in [-0.2, 0) is 6.54 Å². The molecule has 0 aliphatic rings. The van der Waals surface area contributed by atoms with E-state index in [1.807, 2.05) is 0 Å². The zero-order valence-electron chi connectivity index (χ0n) is 10.5. The van der Waals surface area contributed by atoms with Gasteiger partial charge in [-0.25, -0.2) is 0 Å². The predicted octanol–water partition coefficient (Wildman–Crippen LogP) is 2.64. The first-order valence-electron chi connectivity index (χ1n) is 6.20. The molecule has 0 fully saturated rings. The molecule has 1 aromatic rings. The normalized spacial score (nSPS) is 13.0. The summed E-state index contributed by atoms with van der Waals surface area (Å²) in [7, 11) is 2.17. The van der Waals surface area contributed by atoms with E-state index >= 15 is 0 Å². The van der Waals surface area contributed by atoms with Crippen LogP contribution in [0.2, 0.25) is 0 Å². The highest BCUT2D eigenvalue weighted by molar-refractivity contribution is 5.14. The molecule has 1 unspecified atom stereocenters. The fourth-order valence-corrected chi connectivity index (χ4v) is 1.80. The van der Waals surface area contributed by atoms with Gasteiger partial charge in [-0.2, -0.15) is 0 Å². The van der Waals surface area contributed by atoms with Crippen LogP contribution < -0.4 is 5.73 Å². The smallest absolute Gasteiger partial charge is 0.0230 e. The maximum Gasteiger partial charge on any atom is 0.0230 e. The number of nitrogens with two attached hydrogens (primary N) is 1. The molecule has 1 aromatic carbocycles. The Morgan fingerprint density at radius 2 is 1.94 bits per heavy atom. The van der Waals surface area contributed by atoms with Crippen LogP contribution in [0.5, 0.6) is 0 Å². The lowest BCUT2D eigenvalue weighted by Gasteiger charge is -2.17. The van der Waals surface area contributed by atoms with Gasteiger partial charge < -0.3 is 10.6 Å². The Morgan fingerprint density at radius 1 is 1.25 bits per heavy atom. The molecule has 0 spiro atoms. The van der Waals surface area contributed by atoms with Crippen LogP contribution in [0, 0.1) is 0 Å². The Balaban J connectivity index is 2.19. The quantitative estimate of drug-likeness (QED) is 0.765. The van der Waals surface area contributed by atoms with Gasteiger partial charge in [-0.15, -0.1) is 0 Å². The number of hydrogen-bond acceptors (Lipinski definition) is 2. The molecule has 2 N–H and O–H groups in total. The first kappa shape index (κ1) is 13.2. The van der Waals surface area contributed by atoms with Crippen molar-refractivity contribution in [3.63, 3.8) is 0 Å². The lowest BCUT2D eigenvalue weighted by Crippen LogP contribution is -2.23. The second-order valence-corrected chi connectivity index (χ2v) is 4.53. The molecule has 0 aliphatic carbocycles. The topological polar surface area (TPSA) is 29.3 Å². The molecule has 0 saturated heterocycles. The van der Waals surface area contributed by atoms with E-state index in [4.69, 9.17) is 5.73 Å². The summed E-state index contributed by atoms with van der Waals surface area (Å²) >= 11 is 0. The zero-order valence-corrected chi connectivity index (χ0v) is 10.5. The third-order valence-corrected chi connectivity index (χ3v) is 2.93. The third-order valence-electron chi connectivity index (χ3n) is 2.93. The lowest BCUT2D eigenvalue weighted by molar-refractivity contribution is 0.313. The van der Waals surface area contributed by atoms with Gasteiger partial charge >= 0.3 is 0 Å². The lowest BCUT2D eigenvalue weighted by atomic mass is 10.1. The summed E-state index contributed by atoms with van der Waals surface area (Å²) < 4.78 is 0. The van der Waals surface area contributed by atoms with Gasteiger partial charge in [0.25, 0.3) is 0 Å². The van der Waals surface area contributed by atoms with Crippen LogP contribution in [0.1, 0.15) is 31.7 Å². The summed E-state index contributed by atoms with van der Waals surface area (Å²) in [4.78, 5) is 2.36. The van der Waals surface area contributed by atoms with Crippen molar-refractivity contribution >= 4 is 0 Å². The molecule has 2 heteroatoms. The maximum absolute atomic E-state index is 5.89. The summed E-state index contributed by atoms with van der Waals surface area (Å²) in [5, 5.41) is 0. The van der Waals surface area contributed by atoms with Crippen LogP contribution in [0.4, 0.5) is 0 Å². The van der Waals surface area contributed by atoms with Crippen LogP contribution in [0.25, 0.3) is 0 Å². The summed E-state index contributed by atoms with van der Waals surface area (Å²) in [5.41, 5.74) is 7.27. The van der Waals surface area contributed by atoms with E-state index in [1.54, 1.807) is 0 Å². The highest BCUT2D eigenvalue weighted by Crippen LogP contribution is 2.05. The van der Waals surface area contributed by atoms with Crippen LogP contribution in [0.15, 0.2) is 30.3 Å². The largest absolute Gasteiger partial charge is 0.328 e. The first-order valence-corrected chi connectivity index (χ1v) is 6.20. The molecule has 1 atom stereocenters. The molecule has 2 nitrogen and oxygen atoms in total. The molecule has 90 valence electrons. The van der Waals surface area contributed by atoms with E-state index < -0.39 is 0 Å². The molecule has 16 heavy (non-hydrogen) atoms. The predicted molar refractivity (Wildman–Crippen MR) is 70.3 cm³/mol. The second-order valence-electron chi connectivity index (χ2n) is 4.53. The molecule has 0 aliphatic heterocycles. The summed E-state index contributed by atoms with van der Waals surface area (Å²) in [6.07, 6.45) is 3.41. The molecule has 0 heterocycles. The molecular formula is C14H24N2. The van der Waals surface area contributed by atoms with Crippen molar-refractivity contribution in [2.45, 2.75) is 38.8 Å². The minimum absolute atomic E-state index is 0.380. The third kappa shape index (κ3) is 5.29. The van der Waals surface area contributed by atoms with E-state index in [-0.39, 0.29) is 0 Å². The van der Waals surface area contributed by atoms with Crippen LogP contribution in [0.3, 0.4) is 0 Å². The number of rotatable bonds is 7. The van der Waals surface area contributed by atoms with Gasteiger partial charge in [0.05, 0.1) is 0 Å². The van der Waals surface area contributed by atoms with E-state index in [0.717, 1.165) is 25.9 Å². The molecule has 0 bridgehead atoms. The van der Waals surface area contributed by atoms with Gasteiger partial charge in [-0.3, -0.25) is 0 Å². The fourth-order valence-electron chi connectivity index (χ4n) is 1.80. The molecular weight excluding hydrogens is 196 g/mol. The first-order chi connectivity index (χ1) is 7.72. The highest BCUT2D eigenvalue weighted by atomic mass is 15.1. The van der Waals surface area contributed by atoms with Crippen LogP contribution in [-0.4, -0.2) is 24.5 Å². The van der Waals surface area contributed by atoms with Gasteiger partial charge in [-0.05, 0) is 38.4 Å². The van der Waals surface area contributed by atoms with Crippen molar-refractivity contribution in [2.75, 3.05) is 13.6 Å². The molecule has 0 amide bonds. The second kappa shape index (κ2) is 7.42. The summed E-state index contributed by atoms with van der Waals surface area (Å²) in [6, 6.07) is 11.0. The van der Waals surface area contributed by atoms with Crippen molar-refractivity contribution in [3.05, 3.63) is 35.9 Å². The van der Waals surface area contributed by atoms with Gasteiger partial charge in [0.2, 0.25) is 0 Å². The Hall–Kier alpha value is -0.860. The van der Waals surface area contributed by atoms with E-state index in [1.165, 1.54) is 12.0 Å². The zero-order chi connectivity index (χ0) is 11.8. The summed E-state index contributed by atoms with van der Waals surface area (Å²) in [6.45, 7) is 4.31. The average molecular weight is 220 g/mol. The van der Waals surface area contributed by atoms with Gasteiger partial charge in [0.15, 0.2) is 0 Å². The molecule has 0 aromatic heterocycles. The van der Waals surface area contributed by atoms with Crippen molar-refractivity contribution in [1.82, 2.24) is 4.90 Å². The standard InChI is InChI=1S/C14H24N2/c1-3-14(15)10-7-11-16(2)12-13-8-5-4-6-9-13/h4-6,8-9,14H,3,7,10-12,15H2,1-2H3. The van der Waals surface area contributed by atoms with Gasteiger partial charge in [0, 0.05) is 12.6 Å². The molecule has 0 saturated carbocycles. The monoisotopic (exact) mass is 220 g/mol. The average Bonchev–Trinajstić information content (AvgIpc) is 2.30. The number of benzene rings is 1. The minimum Gasteiger partial charge on any atom is -0.328 e. The highest BCUT2D eigenvalue weighted by Gasteiger charge is 2.02. The SMILES string of the molecule is CCC(N)CCCN(C)Cc1ccccc1. The fraction of sp³-hybridized carbons (Fsp3) is 0.571. The van der Waals surface area contributed by atoms with E-state index in [0.29, 0.717) is 6.04 Å². The van der Waals surface area contributed by atoms with Crippen molar-refractivity contribution < 1.29 is 0 Å². The number of nitrogens with zero attached hydrogens (tertiary/aromatic N) is 1. The Morgan fingerprint density at radius 3 is 2.56 bits per heavy atom. The van der Waals surface area contributed by atoms with E-state index in [2.05, 4.69) is 49.2 Å². The maximum atomic E-state index is 5.89.